The fourth-order valence-corrected chi connectivity index (χ4v) is 1.38. The summed E-state index contributed by atoms with van der Waals surface area (Å²) in [6, 6.07) is 14.4. The Hall–Kier alpha value is -2.16. The van der Waals surface area contributed by atoms with Crippen molar-refractivity contribution in [2.75, 3.05) is 0 Å². The van der Waals surface area contributed by atoms with E-state index >= 15 is 0 Å². The molecule has 0 saturated heterocycles. The molecule has 3 heteroatoms. The second-order valence-electron chi connectivity index (χ2n) is 3.67. The molecule has 0 heterocycles. The van der Waals surface area contributed by atoms with Crippen molar-refractivity contribution in [3.05, 3.63) is 64.6 Å². The summed E-state index contributed by atoms with van der Waals surface area (Å²) in [6.07, 6.45) is 0. The molecule has 0 fully saturated rings. The fraction of sp³-hybridized carbons (Fsp3) is 0.143. The van der Waals surface area contributed by atoms with Gasteiger partial charge < -0.3 is 5.11 Å². The summed E-state index contributed by atoms with van der Waals surface area (Å²) in [4.78, 5) is 10.2. The lowest BCUT2D eigenvalue weighted by Crippen LogP contribution is -1.76. The topological polar surface area (TPSA) is 49.7 Å². The van der Waals surface area contributed by atoms with Gasteiger partial charge in [0.2, 0.25) is 0 Å². The molecular weight excluding hydrogens is 214 g/mol. The van der Waals surface area contributed by atoms with Crippen LogP contribution in [0.5, 0.6) is 5.75 Å². The molecule has 2 aromatic rings. The average Bonchev–Trinajstić information content (AvgIpc) is 2.31. The lowest BCUT2D eigenvalue weighted by Gasteiger charge is -1.97. The number of benzene rings is 2. The zero-order valence-electron chi connectivity index (χ0n) is 9.92. The Morgan fingerprint density at radius 2 is 1.41 bits per heavy atom. The third-order valence-corrected chi connectivity index (χ3v) is 2.29. The van der Waals surface area contributed by atoms with Crippen molar-refractivity contribution in [2.45, 2.75) is 13.8 Å². The van der Waals surface area contributed by atoms with Gasteiger partial charge in [-0.3, -0.25) is 0 Å². The van der Waals surface area contributed by atoms with Crippen LogP contribution in [0, 0.1) is 18.8 Å². The van der Waals surface area contributed by atoms with Gasteiger partial charge in [0, 0.05) is 0 Å². The molecule has 0 radical (unpaired) electrons. The molecule has 0 aliphatic heterocycles. The molecule has 17 heavy (non-hydrogen) atoms. The number of phenolic OH excluding ortho intramolecular Hbond substituents is 1. The molecular formula is C14H15NO2. The van der Waals surface area contributed by atoms with E-state index < -0.39 is 0 Å². The number of hydrogen-bond donors (Lipinski definition) is 1. The first-order chi connectivity index (χ1) is 8.15. The van der Waals surface area contributed by atoms with Gasteiger partial charge in [0.25, 0.3) is 0 Å². The maximum atomic E-state index is 10.2. The molecule has 0 aliphatic carbocycles. The highest BCUT2D eigenvalue weighted by Crippen LogP contribution is 2.21. The quantitative estimate of drug-likeness (QED) is 0.748. The van der Waals surface area contributed by atoms with Gasteiger partial charge in [-0.15, -0.1) is 4.91 Å². The van der Waals surface area contributed by atoms with E-state index in [0.29, 0.717) is 11.4 Å². The summed E-state index contributed by atoms with van der Waals surface area (Å²) in [6.45, 7) is 3.76. The van der Waals surface area contributed by atoms with E-state index in [1.165, 1.54) is 0 Å². The maximum Gasteiger partial charge on any atom is 0.115 e. The minimum atomic E-state index is 0.322. The van der Waals surface area contributed by atoms with E-state index in [1.807, 2.05) is 38.1 Å². The number of phenols is 1. The van der Waals surface area contributed by atoms with E-state index in [2.05, 4.69) is 5.18 Å². The first-order valence-electron chi connectivity index (χ1n) is 5.28. The molecule has 0 saturated carbocycles. The molecule has 2 rings (SSSR count). The van der Waals surface area contributed by atoms with Crippen LogP contribution >= 0.6 is 0 Å². The number of hydrogen-bond acceptors (Lipinski definition) is 3. The number of nitrogens with zero attached hydrogens (tertiary/aromatic N) is 1. The number of nitroso groups, excluding NO2 is 1. The van der Waals surface area contributed by atoms with Crippen LogP contribution in [0.2, 0.25) is 0 Å². The summed E-state index contributed by atoms with van der Waals surface area (Å²) < 4.78 is 0. The van der Waals surface area contributed by atoms with Gasteiger partial charge >= 0.3 is 0 Å². The van der Waals surface area contributed by atoms with Crippen LogP contribution in [-0.2, 0) is 0 Å². The molecule has 0 aromatic heterocycles. The number of aromatic hydroxyl groups is 1. The largest absolute Gasteiger partial charge is 0.508 e. The zero-order chi connectivity index (χ0) is 12.7. The Morgan fingerprint density at radius 3 is 1.71 bits per heavy atom. The van der Waals surface area contributed by atoms with Crippen molar-refractivity contribution in [3.8, 4) is 5.75 Å². The first kappa shape index (κ1) is 12.9. The Kier molecular flexibility index (Phi) is 4.88. The predicted octanol–water partition coefficient (Wildman–Crippen LogP) is 4.09. The van der Waals surface area contributed by atoms with Gasteiger partial charge in [0.05, 0.1) is 0 Å². The minimum absolute atomic E-state index is 0.322. The standard InChI is InChI=1S/C8H9NO.C6H6O/c1-6-4-3-5-7(2)8(6)9-10;7-6-4-2-1-3-5-6/h3-5H,1-2H3;1-5,7H. The molecule has 0 bridgehead atoms. The van der Waals surface area contributed by atoms with Gasteiger partial charge in [-0.1, -0.05) is 36.4 Å². The van der Waals surface area contributed by atoms with Gasteiger partial charge in [0.15, 0.2) is 0 Å². The second kappa shape index (κ2) is 6.43. The molecule has 1 N–H and O–H groups in total. The first-order valence-corrected chi connectivity index (χ1v) is 5.28. The van der Waals surface area contributed by atoms with Gasteiger partial charge in [-0.05, 0) is 42.3 Å². The van der Waals surface area contributed by atoms with E-state index in [4.69, 9.17) is 5.11 Å². The molecule has 0 unspecified atom stereocenters. The van der Waals surface area contributed by atoms with Crippen molar-refractivity contribution in [1.29, 1.82) is 0 Å². The van der Waals surface area contributed by atoms with Crippen LogP contribution in [0.3, 0.4) is 0 Å². The van der Waals surface area contributed by atoms with Crippen LogP contribution in [0.15, 0.2) is 53.7 Å². The molecule has 0 amide bonds. The van der Waals surface area contributed by atoms with E-state index in [9.17, 15) is 4.91 Å². The van der Waals surface area contributed by atoms with Crippen LogP contribution in [0.1, 0.15) is 11.1 Å². The molecule has 0 spiro atoms. The lowest BCUT2D eigenvalue weighted by atomic mass is 10.1. The van der Waals surface area contributed by atoms with Crippen molar-refractivity contribution in [1.82, 2.24) is 0 Å². The van der Waals surface area contributed by atoms with Crippen LogP contribution in [-0.4, -0.2) is 5.11 Å². The molecule has 88 valence electrons. The molecule has 3 nitrogen and oxygen atoms in total. The minimum Gasteiger partial charge on any atom is -0.508 e. The van der Waals surface area contributed by atoms with E-state index in [-0.39, 0.29) is 0 Å². The predicted molar refractivity (Wildman–Crippen MR) is 69.5 cm³/mol. The normalized spacial score (nSPS) is 9.06. The SMILES string of the molecule is Cc1cccc(C)c1N=O.Oc1ccccc1. The Morgan fingerprint density at radius 1 is 0.882 bits per heavy atom. The highest BCUT2D eigenvalue weighted by molar-refractivity contribution is 5.51. The zero-order valence-corrected chi connectivity index (χ0v) is 9.92. The van der Waals surface area contributed by atoms with Gasteiger partial charge in [-0.25, -0.2) is 0 Å². The summed E-state index contributed by atoms with van der Waals surface area (Å²) in [5.41, 5.74) is 2.45. The summed E-state index contributed by atoms with van der Waals surface area (Å²) in [5, 5.41) is 11.6. The third kappa shape index (κ3) is 4.07. The Balaban J connectivity index is 0.000000181. The lowest BCUT2D eigenvalue weighted by molar-refractivity contribution is 0.475. The van der Waals surface area contributed by atoms with Crippen molar-refractivity contribution in [3.63, 3.8) is 0 Å². The van der Waals surface area contributed by atoms with Crippen LogP contribution < -0.4 is 0 Å². The summed E-state index contributed by atoms with van der Waals surface area (Å²) in [5.74, 6) is 0.322. The monoisotopic (exact) mass is 229 g/mol. The number of aryl methyl sites for hydroxylation is 2. The highest BCUT2D eigenvalue weighted by Gasteiger charge is 1.98. The second-order valence-corrected chi connectivity index (χ2v) is 3.67. The molecule has 0 aliphatic rings. The van der Waals surface area contributed by atoms with Gasteiger partial charge in [-0.2, -0.15) is 0 Å². The van der Waals surface area contributed by atoms with Crippen LogP contribution in [0.4, 0.5) is 5.69 Å². The van der Waals surface area contributed by atoms with E-state index in [1.54, 1.807) is 24.3 Å². The van der Waals surface area contributed by atoms with E-state index in [0.717, 1.165) is 11.1 Å². The summed E-state index contributed by atoms with van der Waals surface area (Å²) >= 11 is 0. The van der Waals surface area contributed by atoms with Crippen LogP contribution in [0.25, 0.3) is 0 Å². The third-order valence-electron chi connectivity index (χ3n) is 2.29. The summed E-state index contributed by atoms with van der Waals surface area (Å²) in [7, 11) is 0. The van der Waals surface area contributed by atoms with Crippen molar-refractivity contribution in [2.24, 2.45) is 5.18 Å². The Labute approximate surface area is 101 Å². The van der Waals surface area contributed by atoms with Crippen molar-refractivity contribution < 1.29 is 5.11 Å². The number of para-hydroxylation sites is 1. The smallest absolute Gasteiger partial charge is 0.115 e. The van der Waals surface area contributed by atoms with Crippen molar-refractivity contribution >= 4 is 5.69 Å². The number of rotatable bonds is 1. The Bertz CT molecular complexity index is 461. The molecule has 2 aromatic carbocycles. The fourth-order valence-electron chi connectivity index (χ4n) is 1.38. The highest BCUT2D eigenvalue weighted by atomic mass is 16.3. The maximum absolute atomic E-state index is 10.2. The van der Waals surface area contributed by atoms with Gasteiger partial charge in [0.1, 0.15) is 11.4 Å². The molecule has 0 atom stereocenters. The average molecular weight is 229 g/mol.